The van der Waals surface area contributed by atoms with Crippen molar-refractivity contribution < 1.29 is 13.2 Å². The highest BCUT2D eigenvalue weighted by molar-refractivity contribution is 7.78. The van der Waals surface area contributed by atoms with Gasteiger partial charge in [0.25, 0.3) is 0 Å². The van der Waals surface area contributed by atoms with E-state index in [1.165, 1.54) is 24.4 Å². The molecule has 2 heterocycles. The van der Waals surface area contributed by atoms with Gasteiger partial charge >= 0.3 is 0 Å². The van der Waals surface area contributed by atoms with E-state index in [2.05, 4.69) is 31.7 Å². The fourth-order valence-corrected chi connectivity index (χ4v) is 3.89. The van der Waals surface area contributed by atoms with Crippen LogP contribution < -0.4 is 10.6 Å². The maximum Gasteiger partial charge on any atom is 0.141 e. The molecule has 1 atom stereocenters. The van der Waals surface area contributed by atoms with Crippen molar-refractivity contribution in [2.24, 2.45) is 0 Å². The van der Waals surface area contributed by atoms with Crippen molar-refractivity contribution in [3.8, 4) is 6.07 Å². The normalized spacial score (nSPS) is 11.8. The summed E-state index contributed by atoms with van der Waals surface area (Å²) >= 11 is 3.54. The Hall–Kier alpha value is -3.52. The highest BCUT2D eigenvalue weighted by Gasteiger charge is 2.15. The monoisotopic (exact) mass is 469 g/mol. The zero-order valence-electron chi connectivity index (χ0n) is 16.4. The molecule has 162 valence electrons. The molecule has 2 aromatic carbocycles. The Kier molecular flexibility index (Phi) is 6.32. The van der Waals surface area contributed by atoms with Gasteiger partial charge in [-0.3, -0.25) is 9.19 Å². The summed E-state index contributed by atoms with van der Waals surface area (Å²) in [6.07, 6.45) is 4.59. The lowest BCUT2D eigenvalue weighted by atomic mass is 10.0. The Bertz CT molecular complexity index is 1360. The standard InChI is InChI=1S/C21H16ClFN6O2S/c22-18-5-14(1-2-19(18)23)29-21-13(6-24)7-27-20-12(10-32(30)31)3-15(4-17(20)21)26-9-16-8-25-11-28-16/h1-5,7-8,11,26H,9-10H2,(H,25,28)(H,27,29)(H,30,31)/p-1. The van der Waals surface area contributed by atoms with E-state index >= 15 is 0 Å². The van der Waals surface area contributed by atoms with Crippen LogP contribution in [0.25, 0.3) is 10.9 Å². The number of rotatable bonds is 7. The third-order valence-corrected chi connectivity index (χ3v) is 5.51. The van der Waals surface area contributed by atoms with Gasteiger partial charge in [0.05, 0.1) is 40.4 Å². The smallest absolute Gasteiger partial charge is 0.141 e. The number of aromatic nitrogens is 3. The minimum Gasteiger partial charge on any atom is -0.772 e. The highest BCUT2D eigenvalue weighted by atomic mass is 35.5. The Morgan fingerprint density at radius 3 is 2.78 bits per heavy atom. The van der Waals surface area contributed by atoms with Gasteiger partial charge < -0.3 is 20.2 Å². The van der Waals surface area contributed by atoms with Gasteiger partial charge in [-0.25, -0.2) is 9.37 Å². The molecule has 0 aliphatic carbocycles. The maximum atomic E-state index is 13.6. The molecule has 0 aliphatic rings. The molecule has 1 unspecified atom stereocenters. The Morgan fingerprint density at radius 2 is 2.09 bits per heavy atom. The van der Waals surface area contributed by atoms with E-state index in [0.717, 1.165) is 5.69 Å². The van der Waals surface area contributed by atoms with Crippen LogP contribution in [0.4, 0.5) is 21.5 Å². The van der Waals surface area contributed by atoms with Crippen molar-refractivity contribution in [1.82, 2.24) is 15.0 Å². The minimum atomic E-state index is -2.35. The summed E-state index contributed by atoms with van der Waals surface area (Å²) in [6, 6.07) is 9.65. The largest absolute Gasteiger partial charge is 0.772 e. The van der Waals surface area contributed by atoms with E-state index in [1.807, 2.05) is 0 Å². The van der Waals surface area contributed by atoms with Crippen molar-refractivity contribution in [2.45, 2.75) is 12.3 Å². The van der Waals surface area contributed by atoms with E-state index in [-0.39, 0.29) is 16.3 Å². The third-order valence-electron chi connectivity index (χ3n) is 4.67. The van der Waals surface area contributed by atoms with Crippen LogP contribution in [0.3, 0.4) is 0 Å². The molecular formula is C21H15ClFN6O2S-. The number of hydrogen-bond donors (Lipinski definition) is 3. The zero-order chi connectivity index (χ0) is 22.7. The van der Waals surface area contributed by atoms with E-state index in [4.69, 9.17) is 11.6 Å². The first kappa shape index (κ1) is 21.7. The van der Waals surface area contributed by atoms with E-state index in [0.29, 0.717) is 40.1 Å². The molecule has 4 aromatic rings. The fourth-order valence-electron chi connectivity index (χ4n) is 3.23. The van der Waals surface area contributed by atoms with Crippen LogP contribution in [0.2, 0.25) is 5.02 Å². The van der Waals surface area contributed by atoms with Crippen LogP contribution in [0.15, 0.2) is 49.1 Å². The van der Waals surface area contributed by atoms with Crippen LogP contribution in [-0.4, -0.2) is 23.7 Å². The summed E-state index contributed by atoms with van der Waals surface area (Å²) < 4.78 is 36.5. The fraction of sp³-hybridized carbons (Fsp3) is 0.0952. The Balaban J connectivity index is 1.84. The van der Waals surface area contributed by atoms with Gasteiger partial charge in [-0.1, -0.05) is 22.7 Å². The summed E-state index contributed by atoms with van der Waals surface area (Å²) in [6.45, 7) is 0.424. The first-order valence-corrected chi connectivity index (χ1v) is 10.9. The summed E-state index contributed by atoms with van der Waals surface area (Å²) in [5.74, 6) is -0.820. The molecular weight excluding hydrogens is 455 g/mol. The summed E-state index contributed by atoms with van der Waals surface area (Å²) in [5, 5.41) is 16.4. The Labute approximate surface area is 189 Å². The number of imidazole rings is 1. The molecule has 0 radical (unpaired) electrons. The first-order chi connectivity index (χ1) is 15.4. The van der Waals surface area contributed by atoms with Crippen molar-refractivity contribution in [3.05, 3.63) is 76.7 Å². The lowest BCUT2D eigenvalue weighted by molar-refractivity contribution is 0.536. The number of benzene rings is 2. The first-order valence-electron chi connectivity index (χ1n) is 9.29. The predicted octanol–water partition coefficient (Wildman–Crippen LogP) is 4.36. The van der Waals surface area contributed by atoms with Crippen molar-refractivity contribution in [2.75, 3.05) is 10.6 Å². The number of pyridine rings is 1. The number of anilines is 3. The van der Waals surface area contributed by atoms with Crippen LogP contribution in [0, 0.1) is 17.1 Å². The molecule has 3 N–H and O–H groups in total. The molecule has 11 heteroatoms. The van der Waals surface area contributed by atoms with E-state index < -0.39 is 16.9 Å². The molecule has 32 heavy (non-hydrogen) atoms. The quantitative estimate of drug-likeness (QED) is 0.343. The van der Waals surface area contributed by atoms with Gasteiger partial charge in [0, 0.05) is 34.9 Å². The SMILES string of the molecule is N#Cc1cnc2c(CS(=O)[O-])cc(NCc3cnc[nH]3)cc2c1Nc1ccc(F)c(Cl)c1. The number of H-pyrrole nitrogens is 1. The van der Waals surface area contributed by atoms with Gasteiger partial charge in [0.1, 0.15) is 11.9 Å². The molecule has 0 bridgehead atoms. The predicted molar refractivity (Wildman–Crippen MR) is 120 cm³/mol. The van der Waals surface area contributed by atoms with Crippen LogP contribution in [0.1, 0.15) is 16.8 Å². The summed E-state index contributed by atoms with van der Waals surface area (Å²) in [7, 11) is 0. The molecule has 0 spiro atoms. The van der Waals surface area contributed by atoms with E-state index in [1.54, 1.807) is 24.7 Å². The molecule has 0 amide bonds. The van der Waals surface area contributed by atoms with Gasteiger partial charge in [-0.2, -0.15) is 5.26 Å². The van der Waals surface area contributed by atoms with Crippen LogP contribution in [0.5, 0.6) is 0 Å². The van der Waals surface area contributed by atoms with E-state index in [9.17, 15) is 18.4 Å². The number of fused-ring (bicyclic) bond motifs is 1. The van der Waals surface area contributed by atoms with Gasteiger partial charge in [0.15, 0.2) is 0 Å². The zero-order valence-corrected chi connectivity index (χ0v) is 17.9. The number of hydrogen-bond acceptors (Lipinski definition) is 7. The molecule has 4 rings (SSSR count). The minimum absolute atomic E-state index is 0.0729. The topological polar surface area (TPSA) is 130 Å². The summed E-state index contributed by atoms with van der Waals surface area (Å²) in [4.78, 5) is 11.3. The van der Waals surface area contributed by atoms with Crippen molar-refractivity contribution >= 4 is 50.6 Å². The van der Waals surface area contributed by atoms with Crippen LogP contribution >= 0.6 is 11.6 Å². The Morgan fingerprint density at radius 1 is 1.25 bits per heavy atom. The molecule has 2 aromatic heterocycles. The van der Waals surface area contributed by atoms with Crippen LogP contribution in [-0.2, 0) is 23.4 Å². The molecule has 0 aliphatic heterocycles. The lowest BCUT2D eigenvalue weighted by Crippen LogP contribution is -2.04. The average Bonchev–Trinajstić information content (AvgIpc) is 3.28. The summed E-state index contributed by atoms with van der Waals surface area (Å²) in [5.41, 5.74) is 3.46. The average molecular weight is 470 g/mol. The molecule has 0 saturated heterocycles. The number of nitriles is 1. The van der Waals surface area contributed by atoms with Crippen molar-refractivity contribution in [3.63, 3.8) is 0 Å². The second-order valence-electron chi connectivity index (χ2n) is 6.82. The lowest BCUT2D eigenvalue weighted by Gasteiger charge is -2.17. The van der Waals surface area contributed by atoms with Gasteiger partial charge in [-0.05, 0) is 35.9 Å². The maximum absolute atomic E-state index is 13.6. The molecule has 0 saturated carbocycles. The van der Waals surface area contributed by atoms with Gasteiger partial charge in [0.2, 0.25) is 0 Å². The number of aromatic amines is 1. The third kappa shape index (κ3) is 4.70. The molecule has 0 fully saturated rings. The van der Waals surface area contributed by atoms with Gasteiger partial charge in [-0.15, -0.1) is 0 Å². The number of halogens is 2. The number of nitrogens with one attached hydrogen (secondary N) is 3. The second kappa shape index (κ2) is 9.32. The second-order valence-corrected chi connectivity index (χ2v) is 8.13. The highest BCUT2D eigenvalue weighted by Crippen LogP contribution is 2.34. The number of nitrogens with zero attached hydrogens (tertiary/aromatic N) is 3. The molecule has 8 nitrogen and oxygen atoms in total. The van der Waals surface area contributed by atoms with Crippen molar-refractivity contribution in [1.29, 1.82) is 5.26 Å².